The van der Waals surface area contributed by atoms with Gasteiger partial charge in [-0.3, -0.25) is 4.79 Å². The van der Waals surface area contributed by atoms with Gasteiger partial charge in [-0.15, -0.1) is 0 Å². The Labute approximate surface area is 173 Å². The Bertz CT molecular complexity index is 1010. The zero-order valence-electron chi connectivity index (χ0n) is 17.3. The van der Waals surface area contributed by atoms with E-state index in [-0.39, 0.29) is 11.9 Å². The zero-order valence-corrected chi connectivity index (χ0v) is 17.3. The van der Waals surface area contributed by atoms with E-state index >= 15 is 0 Å². The van der Waals surface area contributed by atoms with E-state index in [4.69, 9.17) is 4.74 Å². The Hall–Kier alpha value is -2.81. The molecule has 0 bridgehead atoms. The largest absolute Gasteiger partial charge is 0.481 e. The van der Waals surface area contributed by atoms with Crippen molar-refractivity contribution in [3.63, 3.8) is 0 Å². The second kappa shape index (κ2) is 8.69. The average molecular weight is 388 g/mol. The molecule has 29 heavy (non-hydrogen) atoms. The van der Waals surface area contributed by atoms with Gasteiger partial charge in [0.25, 0.3) is 5.91 Å². The average Bonchev–Trinajstić information content (AvgIpc) is 2.76. The molecule has 0 aromatic heterocycles. The first-order chi connectivity index (χ1) is 14.1. The van der Waals surface area contributed by atoms with Crippen molar-refractivity contribution in [2.24, 2.45) is 0 Å². The second-order valence-corrected chi connectivity index (χ2v) is 7.97. The highest BCUT2D eigenvalue weighted by Crippen LogP contribution is 2.26. The minimum atomic E-state index is -0.553. The van der Waals surface area contributed by atoms with Crippen LogP contribution < -0.4 is 10.1 Å². The number of amides is 1. The smallest absolute Gasteiger partial charge is 0.261 e. The van der Waals surface area contributed by atoms with Crippen molar-refractivity contribution in [3.05, 3.63) is 77.4 Å². The van der Waals surface area contributed by atoms with Crippen LogP contribution in [0.15, 0.2) is 60.7 Å². The van der Waals surface area contributed by atoms with Gasteiger partial charge in [0.1, 0.15) is 5.75 Å². The lowest BCUT2D eigenvalue weighted by Crippen LogP contribution is -2.38. The maximum Gasteiger partial charge on any atom is 0.261 e. The Morgan fingerprint density at radius 1 is 0.966 bits per heavy atom. The van der Waals surface area contributed by atoms with Crippen LogP contribution in [0.3, 0.4) is 0 Å². The quantitative estimate of drug-likeness (QED) is 0.584. The summed E-state index contributed by atoms with van der Waals surface area (Å²) < 4.78 is 5.94. The summed E-state index contributed by atoms with van der Waals surface area (Å²) in [6, 6.07) is 20.8. The van der Waals surface area contributed by atoms with E-state index in [0.717, 1.165) is 23.6 Å². The molecule has 3 aromatic rings. The van der Waals surface area contributed by atoms with Crippen LogP contribution >= 0.6 is 0 Å². The van der Waals surface area contributed by atoms with Gasteiger partial charge < -0.3 is 10.1 Å². The van der Waals surface area contributed by atoms with E-state index in [1.54, 1.807) is 0 Å². The zero-order chi connectivity index (χ0) is 20.2. The van der Waals surface area contributed by atoms with Gasteiger partial charge in [-0.25, -0.2) is 0 Å². The summed E-state index contributed by atoms with van der Waals surface area (Å²) in [6.45, 7) is 3.92. The Kier molecular flexibility index (Phi) is 5.84. The van der Waals surface area contributed by atoms with E-state index in [1.165, 1.54) is 36.0 Å². The number of hydrogen-bond donors (Lipinski definition) is 1. The van der Waals surface area contributed by atoms with E-state index in [1.807, 2.05) is 37.3 Å². The van der Waals surface area contributed by atoms with Crippen LogP contribution in [0, 0.1) is 0 Å². The predicted molar refractivity (Wildman–Crippen MR) is 118 cm³/mol. The SMILES string of the molecule is CC[C@H](NC(=O)[C@H](C)Oc1ccc2ccccc2c1)c1ccc2c(c1)CCCC2. The molecular formula is C26H29NO2. The van der Waals surface area contributed by atoms with Gasteiger partial charge in [0.05, 0.1) is 6.04 Å². The molecule has 0 heterocycles. The molecule has 1 N–H and O–H groups in total. The molecule has 0 saturated heterocycles. The molecule has 0 spiro atoms. The van der Waals surface area contributed by atoms with E-state index in [9.17, 15) is 4.79 Å². The lowest BCUT2D eigenvalue weighted by Gasteiger charge is -2.23. The number of aryl methyl sites for hydroxylation is 2. The number of nitrogens with one attached hydrogen (secondary N) is 1. The van der Waals surface area contributed by atoms with Gasteiger partial charge in [-0.05, 0) is 78.6 Å². The fraction of sp³-hybridized carbons (Fsp3) is 0.346. The topological polar surface area (TPSA) is 38.3 Å². The van der Waals surface area contributed by atoms with Crippen LogP contribution in [0.2, 0.25) is 0 Å². The minimum absolute atomic E-state index is 0.0115. The van der Waals surface area contributed by atoms with Crippen molar-refractivity contribution >= 4 is 16.7 Å². The van der Waals surface area contributed by atoms with Gasteiger partial charge in [-0.2, -0.15) is 0 Å². The lowest BCUT2D eigenvalue weighted by molar-refractivity contribution is -0.128. The van der Waals surface area contributed by atoms with Crippen LogP contribution in [0.5, 0.6) is 5.75 Å². The first-order valence-electron chi connectivity index (χ1n) is 10.7. The number of rotatable bonds is 6. The molecule has 2 atom stereocenters. The minimum Gasteiger partial charge on any atom is -0.481 e. The summed E-state index contributed by atoms with van der Waals surface area (Å²) in [4.78, 5) is 12.8. The number of hydrogen-bond acceptors (Lipinski definition) is 2. The molecule has 0 aliphatic heterocycles. The monoisotopic (exact) mass is 387 g/mol. The Morgan fingerprint density at radius 3 is 2.52 bits per heavy atom. The number of ether oxygens (including phenoxy) is 1. The van der Waals surface area contributed by atoms with Gasteiger partial charge in [0, 0.05) is 0 Å². The highest BCUT2D eigenvalue weighted by Gasteiger charge is 2.20. The molecule has 4 rings (SSSR count). The number of carbonyl (C=O) groups excluding carboxylic acids is 1. The molecule has 3 nitrogen and oxygen atoms in total. The van der Waals surface area contributed by atoms with Crippen molar-refractivity contribution < 1.29 is 9.53 Å². The van der Waals surface area contributed by atoms with E-state index in [2.05, 4.69) is 42.6 Å². The van der Waals surface area contributed by atoms with E-state index in [0.29, 0.717) is 5.75 Å². The second-order valence-electron chi connectivity index (χ2n) is 7.97. The molecule has 0 unspecified atom stereocenters. The van der Waals surface area contributed by atoms with Gasteiger partial charge in [0.15, 0.2) is 6.10 Å². The lowest BCUT2D eigenvalue weighted by atomic mass is 9.89. The molecule has 0 fully saturated rings. The molecule has 1 amide bonds. The number of carbonyl (C=O) groups is 1. The van der Waals surface area contributed by atoms with Crippen LogP contribution in [0.4, 0.5) is 0 Å². The first-order valence-corrected chi connectivity index (χ1v) is 10.7. The van der Waals surface area contributed by atoms with Crippen LogP contribution in [-0.4, -0.2) is 12.0 Å². The molecule has 0 radical (unpaired) electrons. The summed E-state index contributed by atoms with van der Waals surface area (Å²) in [5.74, 6) is 0.635. The van der Waals surface area contributed by atoms with E-state index < -0.39 is 6.10 Å². The molecule has 1 aliphatic rings. The standard InChI is InChI=1S/C26H29NO2/c1-3-25(23-13-12-19-8-4-6-10-21(19)16-23)27-26(28)18(2)29-24-15-14-20-9-5-7-11-22(20)17-24/h5,7,9,11-18,25H,3-4,6,8,10H2,1-2H3,(H,27,28)/t18-,25-/m0/s1. The maximum atomic E-state index is 12.8. The fourth-order valence-electron chi connectivity index (χ4n) is 4.18. The Balaban J connectivity index is 1.43. The van der Waals surface area contributed by atoms with Crippen molar-refractivity contribution in [3.8, 4) is 5.75 Å². The first kappa shape index (κ1) is 19.5. The highest BCUT2D eigenvalue weighted by atomic mass is 16.5. The fourth-order valence-corrected chi connectivity index (χ4v) is 4.18. The molecule has 3 heteroatoms. The third-order valence-corrected chi connectivity index (χ3v) is 5.90. The Morgan fingerprint density at radius 2 is 1.72 bits per heavy atom. The van der Waals surface area contributed by atoms with Gasteiger partial charge in [0.2, 0.25) is 0 Å². The third-order valence-electron chi connectivity index (χ3n) is 5.90. The van der Waals surface area contributed by atoms with Crippen molar-refractivity contribution in [2.75, 3.05) is 0 Å². The summed E-state index contributed by atoms with van der Waals surface area (Å²) in [7, 11) is 0. The summed E-state index contributed by atoms with van der Waals surface area (Å²) in [5, 5.41) is 5.45. The maximum absolute atomic E-state index is 12.8. The normalized spacial score (nSPS) is 15.4. The van der Waals surface area contributed by atoms with Crippen molar-refractivity contribution in [1.82, 2.24) is 5.32 Å². The summed E-state index contributed by atoms with van der Waals surface area (Å²) in [6.07, 6.45) is 5.17. The number of fused-ring (bicyclic) bond motifs is 2. The highest BCUT2D eigenvalue weighted by molar-refractivity contribution is 5.84. The van der Waals surface area contributed by atoms with Gasteiger partial charge in [-0.1, -0.05) is 55.5 Å². The third kappa shape index (κ3) is 4.45. The number of benzene rings is 3. The molecular weight excluding hydrogens is 358 g/mol. The van der Waals surface area contributed by atoms with Crippen LogP contribution in [0.25, 0.3) is 10.8 Å². The molecule has 150 valence electrons. The van der Waals surface area contributed by atoms with Crippen LogP contribution in [0.1, 0.15) is 55.8 Å². The van der Waals surface area contributed by atoms with Gasteiger partial charge >= 0.3 is 0 Å². The summed E-state index contributed by atoms with van der Waals surface area (Å²) in [5.41, 5.74) is 4.11. The molecule has 3 aromatic carbocycles. The van der Waals surface area contributed by atoms with Crippen LogP contribution in [-0.2, 0) is 17.6 Å². The van der Waals surface area contributed by atoms with Crippen molar-refractivity contribution in [2.45, 2.75) is 58.1 Å². The van der Waals surface area contributed by atoms with Crippen molar-refractivity contribution in [1.29, 1.82) is 0 Å². The molecule has 0 saturated carbocycles. The molecule has 1 aliphatic carbocycles. The predicted octanol–water partition coefficient (Wildman–Crippen LogP) is 5.75. The summed E-state index contributed by atoms with van der Waals surface area (Å²) >= 11 is 0.